The van der Waals surface area contributed by atoms with Gasteiger partial charge in [-0.1, -0.05) is 114 Å². The first-order valence-corrected chi connectivity index (χ1v) is 14.5. The quantitative estimate of drug-likeness (QED) is 0.245. The highest BCUT2D eigenvalue weighted by atomic mass is 35.5. The van der Waals surface area contributed by atoms with Gasteiger partial charge in [0.2, 0.25) is 0 Å². The van der Waals surface area contributed by atoms with Gasteiger partial charge in [-0.15, -0.1) is 0 Å². The molecule has 196 valence electrons. The number of halogens is 1. The molecule has 1 aliphatic carbocycles. The molecule has 1 atom stereocenters. The summed E-state index contributed by atoms with van der Waals surface area (Å²) in [4.78, 5) is 19.9. The highest BCUT2D eigenvalue weighted by Crippen LogP contribution is 2.41. The van der Waals surface area contributed by atoms with Gasteiger partial charge in [-0.3, -0.25) is 9.36 Å². The Morgan fingerprint density at radius 3 is 2.52 bits per heavy atom. The fourth-order valence-corrected chi connectivity index (χ4v) is 6.78. The average molecular weight is 561 g/mol. The maximum atomic E-state index is 14.1. The number of thiazole rings is 1. The van der Waals surface area contributed by atoms with Crippen molar-refractivity contribution in [1.29, 1.82) is 0 Å². The fourth-order valence-electron chi connectivity index (χ4n) is 5.60. The summed E-state index contributed by atoms with van der Waals surface area (Å²) >= 11 is 7.77. The van der Waals surface area contributed by atoms with Gasteiger partial charge in [0.05, 0.1) is 16.3 Å². The van der Waals surface area contributed by atoms with Crippen LogP contribution >= 0.6 is 22.9 Å². The Hall–Kier alpha value is -4.19. The van der Waals surface area contributed by atoms with Crippen LogP contribution in [0, 0.1) is 0 Å². The van der Waals surface area contributed by atoms with Crippen molar-refractivity contribution >= 4 is 34.7 Å². The molecule has 0 spiro atoms. The Labute approximate surface area is 240 Å². The molecule has 0 fully saturated rings. The van der Waals surface area contributed by atoms with Crippen LogP contribution < -0.4 is 19.6 Å². The maximum Gasteiger partial charge on any atom is 0.271 e. The highest BCUT2D eigenvalue weighted by Gasteiger charge is 2.32. The van der Waals surface area contributed by atoms with E-state index in [-0.39, 0.29) is 11.6 Å². The van der Waals surface area contributed by atoms with Crippen LogP contribution in [0.2, 0.25) is 5.02 Å². The van der Waals surface area contributed by atoms with E-state index in [1.54, 1.807) is 0 Å². The van der Waals surface area contributed by atoms with E-state index in [0.29, 0.717) is 21.9 Å². The maximum absolute atomic E-state index is 14.1. The fraction of sp³-hybridized carbons (Fsp3) is 0.118. The molecule has 0 saturated carbocycles. The van der Waals surface area contributed by atoms with E-state index in [1.807, 2.05) is 77.4 Å². The summed E-state index contributed by atoms with van der Waals surface area (Å²) in [6, 6.07) is 34.0. The summed E-state index contributed by atoms with van der Waals surface area (Å²) in [6.07, 6.45) is 3.73. The van der Waals surface area contributed by atoms with Crippen LogP contribution in [0.25, 0.3) is 11.8 Å². The number of benzene rings is 4. The van der Waals surface area contributed by atoms with Crippen molar-refractivity contribution in [3.8, 4) is 5.75 Å². The minimum Gasteiger partial charge on any atom is -0.488 e. The van der Waals surface area contributed by atoms with E-state index in [2.05, 4.69) is 36.4 Å². The monoisotopic (exact) mass is 560 g/mol. The third-order valence-corrected chi connectivity index (χ3v) is 8.89. The summed E-state index contributed by atoms with van der Waals surface area (Å²) in [7, 11) is 0. The molecular weight excluding hydrogens is 536 g/mol. The third-order valence-electron chi connectivity index (χ3n) is 7.53. The van der Waals surface area contributed by atoms with Crippen LogP contribution in [0.3, 0.4) is 0 Å². The average Bonchev–Trinajstić information content (AvgIpc) is 3.30. The van der Waals surface area contributed by atoms with Gasteiger partial charge in [0.15, 0.2) is 4.80 Å². The zero-order chi connectivity index (χ0) is 27.1. The number of nitrogens with zero attached hydrogens (tertiary/aromatic N) is 2. The molecule has 1 aliphatic heterocycles. The number of para-hydroxylation sites is 1. The first-order chi connectivity index (χ1) is 19.7. The molecule has 2 heterocycles. The Morgan fingerprint density at radius 2 is 1.65 bits per heavy atom. The lowest BCUT2D eigenvalue weighted by Crippen LogP contribution is -2.38. The molecule has 6 heteroatoms. The van der Waals surface area contributed by atoms with Gasteiger partial charge in [-0.2, -0.15) is 0 Å². The van der Waals surface area contributed by atoms with Crippen molar-refractivity contribution in [3.05, 3.63) is 161 Å². The molecule has 0 saturated heterocycles. The Bertz CT molecular complexity index is 1960. The number of aryl methyl sites for hydroxylation is 1. The molecule has 0 amide bonds. The van der Waals surface area contributed by atoms with Crippen molar-refractivity contribution in [1.82, 2.24) is 4.57 Å². The largest absolute Gasteiger partial charge is 0.488 e. The molecule has 4 nitrogen and oxygen atoms in total. The first-order valence-electron chi connectivity index (χ1n) is 13.3. The van der Waals surface area contributed by atoms with Crippen molar-refractivity contribution in [3.63, 3.8) is 0 Å². The van der Waals surface area contributed by atoms with Gasteiger partial charge >= 0.3 is 0 Å². The lowest BCUT2D eigenvalue weighted by Gasteiger charge is -2.30. The predicted octanol–water partition coefficient (Wildman–Crippen LogP) is 6.55. The molecule has 5 aromatic rings. The van der Waals surface area contributed by atoms with Crippen LogP contribution in [0.1, 0.15) is 40.3 Å². The summed E-state index contributed by atoms with van der Waals surface area (Å²) in [5.41, 5.74) is 7.49. The van der Waals surface area contributed by atoms with Crippen LogP contribution in [0.15, 0.2) is 118 Å². The van der Waals surface area contributed by atoms with Crippen molar-refractivity contribution < 1.29 is 4.74 Å². The number of hydrogen-bond donors (Lipinski definition) is 0. The number of aromatic nitrogens is 1. The van der Waals surface area contributed by atoms with Gasteiger partial charge in [-0.25, -0.2) is 4.99 Å². The zero-order valence-corrected chi connectivity index (χ0v) is 23.2. The Kier molecular flexibility index (Phi) is 6.46. The van der Waals surface area contributed by atoms with Crippen LogP contribution in [-0.2, 0) is 13.0 Å². The van der Waals surface area contributed by atoms with Gasteiger partial charge < -0.3 is 4.74 Å². The smallest absolute Gasteiger partial charge is 0.271 e. The number of allylic oxidation sites excluding steroid dienone is 1. The number of ether oxygens (including phenoxy) is 1. The van der Waals surface area contributed by atoms with E-state index >= 15 is 0 Å². The minimum atomic E-state index is -0.185. The van der Waals surface area contributed by atoms with Crippen LogP contribution in [0.5, 0.6) is 5.75 Å². The predicted molar refractivity (Wildman–Crippen MR) is 161 cm³/mol. The van der Waals surface area contributed by atoms with Crippen molar-refractivity contribution in [2.24, 2.45) is 4.99 Å². The molecule has 0 N–H and O–H groups in total. The van der Waals surface area contributed by atoms with E-state index < -0.39 is 0 Å². The molecule has 40 heavy (non-hydrogen) atoms. The molecule has 0 bridgehead atoms. The van der Waals surface area contributed by atoms with Gasteiger partial charge in [0.1, 0.15) is 12.4 Å². The van der Waals surface area contributed by atoms with Crippen molar-refractivity contribution in [2.45, 2.75) is 25.5 Å². The molecule has 0 unspecified atom stereocenters. The second-order valence-electron chi connectivity index (χ2n) is 9.94. The van der Waals surface area contributed by atoms with E-state index in [0.717, 1.165) is 40.0 Å². The first kappa shape index (κ1) is 24.8. The SMILES string of the molecule is O=c1/c(=C/c2ccccc2OCc2ccccc2Cl)sc2n1[C@H](c1ccccc1)C1=C(N=2)c2ccccc2CC1. The molecule has 4 aromatic carbocycles. The van der Waals surface area contributed by atoms with E-state index in [4.69, 9.17) is 21.3 Å². The van der Waals surface area contributed by atoms with Crippen LogP contribution in [-0.4, -0.2) is 4.57 Å². The second-order valence-corrected chi connectivity index (χ2v) is 11.4. The standard InChI is InChI=1S/C34H25ClN2O2S/c35-28-16-8-5-14-25(28)21-39-29-17-9-6-13-24(29)20-30-33(38)37-32(23-11-2-1-3-12-23)27-19-18-22-10-4-7-15-26(22)31(27)36-34(37)40-30/h1-17,20,32H,18-19,21H2/b30-20-/t32-/m1/s1. The second kappa shape index (κ2) is 10.4. The van der Waals surface area contributed by atoms with Gasteiger partial charge in [0, 0.05) is 21.7 Å². The normalized spacial score (nSPS) is 16.1. The third kappa shape index (κ3) is 4.41. The topological polar surface area (TPSA) is 43.6 Å². The summed E-state index contributed by atoms with van der Waals surface area (Å²) in [5.74, 6) is 0.695. The summed E-state index contributed by atoms with van der Waals surface area (Å²) < 4.78 is 8.68. The van der Waals surface area contributed by atoms with E-state index in [1.165, 1.54) is 28.0 Å². The van der Waals surface area contributed by atoms with Gasteiger partial charge in [0.25, 0.3) is 5.56 Å². The molecule has 1 aromatic heterocycles. The summed E-state index contributed by atoms with van der Waals surface area (Å²) in [5, 5.41) is 0.666. The molecule has 7 rings (SSSR count). The molecular formula is C34H25ClN2O2S. The van der Waals surface area contributed by atoms with E-state index in [9.17, 15) is 4.79 Å². The Morgan fingerprint density at radius 1 is 0.900 bits per heavy atom. The summed E-state index contributed by atoms with van der Waals surface area (Å²) in [6.45, 7) is 0.339. The Balaban J connectivity index is 1.36. The van der Waals surface area contributed by atoms with Crippen LogP contribution in [0.4, 0.5) is 0 Å². The number of rotatable bonds is 5. The highest BCUT2D eigenvalue weighted by molar-refractivity contribution is 7.07. The molecule has 2 aliphatic rings. The van der Waals surface area contributed by atoms with Gasteiger partial charge in [-0.05, 0) is 47.8 Å². The number of fused-ring (bicyclic) bond motifs is 3. The molecule has 0 radical (unpaired) electrons. The number of hydrogen-bond acceptors (Lipinski definition) is 4. The minimum absolute atomic E-state index is 0.0380. The lowest BCUT2D eigenvalue weighted by atomic mass is 9.83. The van der Waals surface area contributed by atoms with Crippen molar-refractivity contribution in [2.75, 3.05) is 0 Å². The zero-order valence-electron chi connectivity index (χ0n) is 21.6. The lowest BCUT2D eigenvalue weighted by molar-refractivity contribution is 0.305.